The SMILES string of the molecule is [B]c1cc(F)c(I)c(I)c1. The fourth-order valence-corrected chi connectivity index (χ4v) is 1.50. The van der Waals surface area contributed by atoms with Gasteiger partial charge >= 0.3 is 0 Å². The van der Waals surface area contributed by atoms with Crippen LogP contribution >= 0.6 is 45.2 Å². The highest BCUT2D eigenvalue weighted by Gasteiger charge is 2.02. The molecule has 0 aromatic heterocycles. The van der Waals surface area contributed by atoms with Gasteiger partial charge in [0, 0.05) is 3.57 Å². The Bertz CT molecular complexity index is 239. The smallest absolute Gasteiger partial charge is 0.137 e. The van der Waals surface area contributed by atoms with Gasteiger partial charge < -0.3 is 0 Å². The van der Waals surface area contributed by atoms with Crippen molar-refractivity contribution in [3.63, 3.8) is 0 Å². The normalized spacial score (nSPS) is 9.90. The molecule has 0 aliphatic heterocycles. The molecule has 10 heavy (non-hydrogen) atoms. The third-order valence-corrected chi connectivity index (χ3v) is 3.99. The lowest BCUT2D eigenvalue weighted by Crippen LogP contribution is -2.05. The second-order valence-corrected chi connectivity index (χ2v) is 4.04. The molecule has 0 saturated heterocycles. The number of hydrogen-bond donors (Lipinski definition) is 0. The van der Waals surface area contributed by atoms with Crippen LogP contribution in [0.1, 0.15) is 0 Å². The molecule has 1 aromatic carbocycles. The largest absolute Gasteiger partial charge is 0.206 e. The van der Waals surface area contributed by atoms with Gasteiger partial charge in [0.25, 0.3) is 0 Å². The van der Waals surface area contributed by atoms with E-state index in [-0.39, 0.29) is 5.82 Å². The third kappa shape index (κ3) is 1.84. The molecule has 4 heteroatoms. The van der Waals surface area contributed by atoms with E-state index in [9.17, 15) is 4.39 Å². The summed E-state index contributed by atoms with van der Waals surface area (Å²) in [6.07, 6.45) is 0. The van der Waals surface area contributed by atoms with Crippen molar-refractivity contribution in [3.8, 4) is 0 Å². The Morgan fingerprint density at radius 2 is 1.90 bits per heavy atom. The zero-order valence-electron chi connectivity index (χ0n) is 4.87. The molecule has 0 spiro atoms. The average Bonchev–Trinajstić information content (AvgIpc) is 1.82. The molecule has 0 amide bonds. The van der Waals surface area contributed by atoms with Crippen LogP contribution in [0, 0.1) is 13.0 Å². The standard InChI is InChI=1S/C6H2BFI2/c7-3-1-4(8)6(10)5(9)2-3/h1-2H. The molecule has 0 atom stereocenters. The quantitative estimate of drug-likeness (QED) is 0.377. The van der Waals surface area contributed by atoms with Crippen LogP contribution in [0.15, 0.2) is 12.1 Å². The Balaban J connectivity index is 3.31. The second kappa shape index (κ2) is 3.38. The molecule has 0 N–H and O–H groups in total. The molecule has 0 saturated carbocycles. The van der Waals surface area contributed by atoms with Crippen molar-refractivity contribution in [2.24, 2.45) is 0 Å². The zero-order valence-corrected chi connectivity index (χ0v) is 9.18. The van der Waals surface area contributed by atoms with Gasteiger partial charge in [-0.3, -0.25) is 0 Å². The predicted molar refractivity (Wildman–Crippen MR) is 57.2 cm³/mol. The summed E-state index contributed by atoms with van der Waals surface area (Å²) in [5, 5.41) is 0. The van der Waals surface area contributed by atoms with E-state index >= 15 is 0 Å². The van der Waals surface area contributed by atoms with Gasteiger partial charge in [0.1, 0.15) is 13.7 Å². The van der Waals surface area contributed by atoms with Gasteiger partial charge in [-0.15, -0.1) is 0 Å². The van der Waals surface area contributed by atoms with Crippen molar-refractivity contribution in [2.45, 2.75) is 0 Å². The molecule has 2 radical (unpaired) electrons. The Morgan fingerprint density at radius 1 is 1.30 bits per heavy atom. The summed E-state index contributed by atoms with van der Waals surface area (Å²) in [6.45, 7) is 0. The van der Waals surface area contributed by atoms with Crippen molar-refractivity contribution >= 4 is 58.5 Å². The first kappa shape index (κ1) is 8.77. The van der Waals surface area contributed by atoms with E-state index in [4.69, 9.17) is 7.85 Å². The van der Waals surface area contributed by atoms with Crippen molar-refractivity contribution in [1.82, 2.24) is 0 Å². The van der Waals surface area contributed by atoms with Crippen molar-refractivity contribution in [1.29, 1.82) is 0 Å². The average molecular weight is 358 g/mol. The molecule has 1 aromatic rings. The van der Waals surface area contributed by atoms with E-state index in [1.165, 1.54) is 6.07 Å². The lowest BCUT2D eigenvalue weighted by atomic mass is 9.97. The fourth-order valence-electron chi connectivity index (χ4n) is 0.575. The van der Waals surface area contributed by atoms with E-state index in [0.717, 1.165) is 3.57 Å². The molecule has 0 fully saturated rings. The Kier molecular flexibility index (Phi) is 2.96. The van der Waals surface area contributed by atoms with Crippen LogP contribution in [0.25, 0.3) is 0 Å². The van der Waals surface area contributed by atoms with E-state index in [1.54, 1.807) is 6.07 Å². The maximum atomic E-state index is 12.7. The first-order valence-corrected chi connectivity index (χ1v) is 4.67. The summed E-state index contributed by atoms with van der Waals surface area (Å²) in [6, 6.07) is 3.06. The molecule has 0 nitrogen and oxygen atoms in total. The van der Waals surface area contributed by atoms with Gasteiger partial charge in [-0.2, -0.15) is 0 Å². The van der Waals surface area contributed by atoms with Crippen molar-refractivity contribution in [3.05, 3.63) is 25.1 Å². The highest BCUT2D eigenvalue weighted by Crippen LogP contribution is 2.15. The fraction of sp³-hybridized carbons (Fsp3) is 0. The Labute approximate surface area is 87.3 Å². The summed E-state index contributed by atoms with van der Waals surface area (Å²) in [5.74, 6) is -0.245. The summed E-state index contributed by atoms with van der Waals surface area (Å²) in [7, 11) is 5.38. The van der Waals surface area contributed by atoms with E-state index in [1.807, 2.05) is 45.2 Å². The van der Waals surface area contributed by atoms with Gasteiger partial charge in [-0.05, 0) is 51.2 Å². The van der Waals surface area contributed by atoms with Crippen LogP contribution in [-0.4, -0.2) is 7.85 Å². The third-order valence-electron chi connectivity index (χ3n) is 1.01. The number of benzene rings is 1. The van der Waals surface area contributed by atoms with Crippen LogP contribution in [-0.2, 0) is 0 Å². The maximum Gasteiger partial charge on any atom is 0.137 e. The van der Waals surface area contributed by atoms with Gasteiger partial charge in [0.05, 0.1) is 3.57 Å². The lowest BCUT2D eigenvalue weighted by molar-refractivity contribution is 0.620. The zero-order chi connectivity index (χ0) is 7.72. The summed E-state index contributed by atoms with van der Waals surface area (Å²) in [5.41, 5.74) is 0.474. The topological polar surface area (TPSA) is 0 Å². The number of rotatable bonds is 0. The Hall–Kier alpha value is 0.675. The van der Waals surface area contributed by atoms with Gasteiger partial charge in [0.15, 0.2) is 0 Å². The number of hydrogen-bond acceptors (Lipinski definition) is 0. The number of halogens is 3. The van der Waals surface area contributed by atoms with Crippen LogP contribution < -0.4 is 5.46 Å². The molecule has 0 aliphatic carbocycles. The highest BCUT2D eigenvalue weighted by atomic mass is 127. The van der Waals surface area contributed by atoms with E-state index in [0.29, 0.717) is 9.03 Å². The van der Waals surface area contributed by atoms with E-state index < -0.39 is 0 Å². The van der Waals surface area contributed by atoms with Gasteiger partial charge in [-0.1, -0.05) is 11.5 Å². The minimum absolute atomic E-state index is 0.245. The van der Waals surface area contributed by atoms with Crippen LogP contribution in [0.3, 0.4) is 0 Å². The molecular weight excluding hydrogens is 356 g/mol. The van der Waals surface area contributed by atoms with Gasteiger partial charge in [0.2, 0.25) is 0 Å². The van der Waals surface area contributed by atoms with Crippen molar-refractivity contribution < 1.29 is 4.39 Å². The Morgan fingerprint density at radius 3 is 2.40 bits per heavy atom. The minimum atomic E-state index is -0.245. The summed E-state index contributed by atoms with van der Waals surface area (Å²) >= 11 is 4.00. The highest BCUT2D eigenvalue weighted by molar-refractivity contribution is 14.1. The maximum absolute atomic E-state index is 12.7. The monoisotopic (exact) mass is 358 g/mol. The molecule has 0 heterocycles. The minimum Gasteiger partial charge on any atom is -0.206 e. The first-order valence-electron chi connectivity index (χ1n) is 2.51. The van der Waals surface area contributed by atoms with Gasteiger partial charge in [-0.25, -0.2) is 4.39 Å². The van der Waals surface area contributed by atoms with E-state index in [2.05, 4.69) is 0 Å². The van der Waals surface area contributed by atoms with Crippen LogP contribution in [0.2, 0.25) is 0 Å². The van der Waals surface area contributed by atoms with Crippen LogP contribution in [0.5, 0.6) is 0 Å². The predicted octanol–water partition coefficient (Wildman–Crippen LogP) is 1.83. The van der Waals surface area contributed by atoms with Crippen LogP contribution in [0.4, 0.5) is 4.39 Å². The molecule has 50 valence electrons. The summed E-state index contributed by atoms with van der Waals surface area (Å²) in [4.78, 5) is 0. The van der Waals surface area contributed by atoms with Crippen molar-refractivity contribution in [2.75, 3.05) is 0 Å². The molecule has 0 aliphatic rings. The summed E-state index contributed by atoms with van der Waals surface area (Å²) < 4.78 is 14.2. The molecule has 1 rings (SSSR count). The first-order chi connectivity index (χ1) is 4.61. The second-order valence-electron chi connectivity index (χ2n) is 1.80. The molecule has 0 bridgehead atoms. The molecular formula is C6H2BFI2. The lowest BCUT2D eigenvalue weighted by Gasteiger charge is -1.99. The molecule has 0 unspecified atom stereocenters.